The van der Waals surface area contributed by atoms with E-state index in [4.69, 9.17) is 32.7 Å². The largest absolute Gasteiger partial charge is 0.490 e. The maximum atomic E-state index is 6.06. The summed E-state index contributed by atoms with van der Waals surface area (Å²) in [5.74, 6) is 2.14. The molecule has 0 aliphatic heterocycles. The van der Waals surface area contributed by atoms with Crippen LogP contribution in [0.15, 0.2) is 30.3 Å². The van der Waals surface area contributed by atoms with Crippen molar-refractivity contribution in [3.8, 4) is 22.9 Å². The SMILES string of the molecule is CCOc1cc(-c2nc3cc(Cl)c(Cl)cc3[nH]2)ccc1OC(C)C. The lowest BCUT2D eigenvalue weighted by Gasteiger charge is -2.15. The first-order chi connectivity index (χ1) is 11.5. The zero-order chi connectivity index (χ0) is 17.3. The summed E-state index contributed by atoms with van der Waals surface area (Å²) < 4.78 is 11.5. The van der Waals surface area contributed by atoms with Crippen LogP contribution in [0.4, 0.5) is 0 Å². The molecule has 6 heteroatoms. The van der Waals surface area contributed by atoms with E-state index in [1.54, 1.807) is 12.1 Å². The molecule has 0 unspecified atom stereocenters. The molecule has 1 aromatic heterocycles. The Morgan fingerprint density at radius 3 is 2.54 bits per heavy atom. The zero-order valence-electron chi connectivity index (χ0n) is 13.7. The molecule has 1 heterocycles. The summed E-state index contributed by atoms with van der Waals surface area (Å²) in [5, 5.41) is 0.980. The Labute approximate surface area is 150 Å². The second-order valence-corrected chi connectivity index (χ2v) is 6.44. The number of nitrogens with one attached hydrogen (secondary N) is 1. The second kappa shape index (κ2) is 6.91. The monoisotopic (exact) mass is 364 g/mol. The molecule has 2 aromatic carbocycles. The van der Waals surface area contributed by atoms with E-state index >= 15 is 0 Å². The number of aromatic amines is 1. The molecule has 0 bridgehead atoms. The van der Waals surface area contributed by atoms with Gasteiger partial charge >= 0.3 is 0 Å². The van der Waals surface area contributed by atoms with Crippen molar-refractivity contribution in [1.82, 2.24) is 9.97 Å². The molecule has 0 radical (unpaired) electrons. The lowest BCUT2D eigenvalue weighted by molar-refractivity contribution is 0.224. The molecular formula is C18H18Cl2N2O2. The van der Waals surface area contributed by atoms with Crippen molar-refractivity contribution in [2.24, 2.45) is 0 Å². The predicted molar refractivity (Wildman–Crippen MR) is 98.5 cm³/mol. The molecule has 0 aliphatic carbocycles. The van der Waals surface area contributed by atoms with Crippen molar-refractivity contribution in [3.05, 3.63) is 40.4 Å². The predicted octanol–water partition coefficient (Wildman–Crippen LogP) is 5.72. The van der Waals surface area contributed by atoms with E-state index in [1.165, 1.54) is 0 Å². The number of rotatable bonds is 5. The van der Waals surface area contributed by atoms with Gasteiger partial charge in [-0.15, -0.1) is 0 Å². The summed E-state index contributed by atoms with van der Waals surface area (Å²) in [5.41, 5.74) is 2.50. The van der Waals surface area contributed by atoms with E-state index < -0.39 is 0 Å². The molecule has 0 fully saturated rings. The quantitative estimate of drug-likeness (QED) is 0.629. The maximum absolute atomic E-state index is 6.06. The molecule has 3 rings (SSSR count). The van der Waals surface area contributed by atoms with Crippen LogP contribution in [-0.2, 0) is 0 Å². The Kier molecular flexibility index (Phi) is 4.88. The molecule has 0 aliphatic rings. The number of imidazole rings is 1. The average molecular weight is 365 g/mol. The van der Waals surface area contributed by atoms with Gasteiger partial charge < -0.3 is 14.5 Å². The number of benzene rings is 2. The lowest BCUT2D eigenvalue weighted by atomic mass is 10.2. The number of hydrogen-bond acceptors (Lipinski definition) is 3. The normalized spacial score (nSPS) is 11.2. The Balaban J connectivity index is 2.03. The lowest BCUT2D eigenvalue weighted by Crippen LogP contribution is -2.07. The molecule has 126 valence electrons. The fourth-order valence-electron chi connectivity index (χ4n) is 2.42. The number of halogens is 2. The minimum Gasteiger partial charge on any atom is -0.490 e. The standard InChI is InChI=1S/C18H18Cl2N2O2/c1-4-23-17-7-11(5-6-16(17)24-10(2)3)18-21-14-8-12(19)13(20)9-15(14)22-18/h5-10H,4H2,1-3H3,(H,21,22). The number of fused-ring (bicyclic) bond motifs is 1. The smallest absolute Gasteiger partial charge is 0.161 e. The third-order valence-corrected chi connectivity index (χ3v) is 4.13. The molecule has 1 N–H and O–H groups in total. The molecule has 0 saturated carbocycles. The summed E-state index contributed by atoms with van der Waals surface area (Å²) >= 11 is 12.1. The topological polar surface area (TPSA) is 47.1 Å². The summed E-state index contributed by atoms with van der Waals surface area (Å²) in [7, 11) is 0. The number of nitrogens with zero attached hydrogens (tertiary/aromatic N) is 1. The van der Waals surface area contributed by atoms with Crippen LogP contribution >= 0.6 is 23.2 Å². The summed E-state index contributed by atoms with van der Waals surface area (Å²) in [6.07, 6.45) is 0.0746. The minimum absolute atomic E-state index is 0.0746. The highest BCUT2D eigenvalue weighted by molar-refractivity contribution is 6.42. The van der Waals surface area contributed by atoms with E-state index in [1.807, 2.05) is 39.0 Å². The van der Waals surface area contributed by atoms with Crippen molar-refractivity contribution in [2.75, 3.05) is 6.61 Å². The summed E-state index contributed by atoms with van der Waals surface area (Å²) in [6.45, 7) is 6.47. The first-order valence-corrected chi connectivity index (χ1v) is 8.52. The summed E-state index contributed by atoms with van der Waals surface area (Å²) in [4.78, 5) is 7.84. The van der Waals surface area contributed by atoms with E-state index in [0.717, 1.165) is 28.2 Å². The zero-order valence-corrected chi connectivity index (χ0v) is 15.2. The molecule has 0 saturated heterocycles. The van der Waals surface area contributed by atoms with Gasteiger partial charge in [-0.3, -0.25) is 0 Å². The van der Waals surface area contributed by atoms with Crippen LogP contribution < -0.4 is 9.47 Å². The number of H-pyrrole nitrogens is 1. The van der Waals surface area contributed by atoms with Gasteiger partial charge in [0.15, 0.2) is 11.5 Å². The van der Waals surface area contributed by atoms with Crippen LogP contribution in [0.1, 0.15) is 20.8 Å². The Bertz CT molecular complexity index is 836. The van der Waals surface area contributed by atoms with Gasteiger partial charge in [0.1, 0.15) is 5.82 Å². The van der Waals surface area contributed by atoms with Crippen LogP contribution in [0.2, 0.25) is 10.0 Å². The van der Waals surface area contributed by atoms with E-state index in [9.17, 15) is 0 Å². The summed E-state index contributed by atoms with van der Waals surface area (Å²) in [6, 6.07) is 9.28. The third kappa shape index (κ3) is 3.45. The third-order valence-electron chi connectivity index (χ3n) is 3.40. The van der Waals surface area contributed by atoms with Crippen LogP contribution in [0.5, 0.6) is 11.5 Å². The van der Waals surface area contributed by atoms with Crippen molar-refractivity contribution in [2.45, 2.75) is 26.9 Å². The van der Waals surface area contributed by atoms with Crippen molar-refractivity contribution in [1.29, 1.82) is 0 Å². The van der Waals surface area contributed by atoms with Gasteiger partial charge in [-0.05, 0) is 51.1 Å². The van der Waals surface area contributed by atoms with E-state index in [0.29, 0.717) is 22.4 Å². The molecule has 4 nitrogen and oxygen atoms in total. The molecular weight excluding hydrogens is 347 g/mol. The minimum atomic E-state index is 0.0746. The maximum Gasteiger partial charge on any atom is 0.161 e. The first-order valence-electron chi connectivity index (χ1n) is 7.76. The Morgan fingerprint density at radius 1 is 1.08 bits per heavy atom. The molecule has 3 aromatic rings. The fourth-order valence-corrected chi connectivity index (χ4v) is 2.74. The van der Waals surface area contributed by atoms with Crippen molar-refractivity contribution >= 4 is 34.2 Å². The van der Waals surface area contributed by atoms with E-state index in [2.05, 4.69) is 9.97 Å². The van der Waals surface area contributed by atoms with Crippen molar-refractivity contribution < 1.29 is 9.47 Å². The molecule has 24 heavy (non-hydrogen) atoms. The highest BCUT2D eigenvalue weighted by Gasteiger charge is 2.13. The van der Waals surface area contributed by atoms with Gasteiger partial charge in [-0.2, -0.15) is 0 Å². The highest BCUT2D eigenvalue weighted by atomic mass is 35.5. The Morgan fingerprint density at radius 2 is 1.83 bits per heavy atom. The van der Waals surface area contributed by atoms with Crippen LogP contribution in [0.3, 0.4) is 0 Å². The molecule has 0 atom stereocenters. The first kappa shape index (κ1) is 16.9. The number of aromatic nitrogens is 2. The molecule has 0 amide bonds. The van der Waals surface area contributed by atoms with Gasteiger partial charge in [-0.25, -0.2) is 4.98 Å². The average Bonchev–Trinajstić information content (AvgIpc) is 2.92. The molecule has 0 spiro atoms. The number of ether oxygens (including phenoxy) is 2. The van der Waals surface area contributed by atoms with Gasteiger partial charge in [0.05, 0.1) is 33.8 Å². The van der Waals surface area contributed by atoms with Crippen LogP contribution in [0.25, 0.3) is 22.4 Å². The number of hydrogen-bond donors (Lipinski definition) is 1. The fraction of sp³-hybridized carbons (Fsp3) is 0.278. The Hall–Kier alpha value is -1.91. The van der Waals surface area contributed by atoms with Crippen molar-refractivity contribution in [3.63, 3.8) is 0 Å². The van der Waals surface area contributed by atoms with Gasteiger partial charge in [0.25, 0.3) is 0 Å². The van der Waals surface area contributed by atoms with Gasteiger partial charge in [0, 0.05) is 5.56 Å². The second-order valence-electron chi connectivity index (χ2n) is 5.63. The van der Waals surface area contributed by atoms with Gasteiger partial charge in [0.2, 0.25) is 0 Å². The highest BCUT2D eigenvalue weighted by Crippen LogP contribution is 2.34. The van der Waals surface area contributed by atoms with Gasteiger partial charge in [-0.1, -0.05) is 23.2 Å². The van der Waals surface area contributed by atoms with Crippen LogP contribution in [-0.4, -0.2) is 22.7 Å². The van der Waals surface area contributed by atoms with Crippen LogP contribution in [0, 0.1) is 0 Å². The van der Waals surface area contributed by atoms with E-state index in [-0.39, 0.29) is 6.10 Å².